The first kappa shape index (κ1) is 37.7. The van der Waals surface area contributed by atoms with Crippen molar-refractivity contribution in [1.29, 1.82) is 0 Å². The quantitative estimate of drug-likeness (QED) is 0.0829. The van der Waals surface area contributed by atoms with Crippen LogP contribution in [0.2, 0.25) is 0 Å². The lowest BCUT2D eigenvalue weighted by molar-refractivity contribution is -0.150. The second kappa shape index (κ2) is 19.8. The van der Waals surface area contributed by atoms with Crippen LogP contribution < -0.4 is 0 Å². The first-order chi connectivity index (χ1) is 21.1. The van der Waals surface area contributed by atoms with E-state index in [1.54, 1.807) is 6.92 Å². The first-order valence-electron chi connectivity index (χ1n) is 17.1. The molecule has 248 valence electrons. The number of carbonyl (C=O) groups excluding carboxylic acids is 2. The molecule has 0 aliphatic heterocycles. The van der Waals surface area contributed by atoms with Crippen molar-refractivity contribution < 1.29 is 29.3 Å². The van der Waals surface area contributed by atoms with Crippen molar-refractivity contribution in [2.24, 2.45) is 17.3 Å². The molecule has 0 aromatic heterocycles. The van der Waals surface area contributed by atoms with Gasteiger partial charge in [0, 0.05) is 35.7 Å². The Morgan fingerprint density at radius 3 is 2.18 bits per heavy atom. The summed E-state index contributed by atoms with van der Waals surface area (Å²) < 4.78 is 11.4. The Labute approximate surface area is 267 Å². The van der Waals surface area contributed by atoms with E-state index in [9.17, 15) is 19.8 Å². The minimum absolute atomic E-state index is 0.140. The van der Waals surface area contributed by atoms with Crippen LogP contribution in [0.4, 0.5) is 0 Å². The molecule has 0 heterocycles. The highest BCUT2D eigenvalue weighted by Gasteiger charge is 2.34. The number of rotatable bonds is 21. The Kier molecular flexibility index (Phi) is 17.0. The van der Waals surface area contributed by atoms with Gasteiger partial charge < -0.3 is 19.7 Å². The van der Waals surface area contributed by atoms with E-state index in [4.69, 9.17) is 9.47 Å². The fourth-order valence-corrected chi connectivity index (χ4v) is 6.28. The largest absolute Gasteiger partial charge is 0.462 e. The highest BCUT2D eigenvalue weighted by molar-refractivity contribution is 5.88. The number of aliphatic hydroxyl groups is 2. The lowest BCUT2D eigenvalue weighted by Crippen LogP contribution is -2.35. The molecule has 1 saturated carbocycles. The Morgan fingerprint density at radius 2 is 1.61 bits per heavy atom. The van der Waals surface area contributed by atoms with Gasteiger partial charge in [-0.25, -0.2) is 9.59 Å². The molecule has 1 atom stereocenters. The highest BCUT2D eigenvalue weighted by atomic mass is 16.5. The number of esters is 2. The molecule has 1 aromatic carbocycles. The van der Waals surface area contributed by atoms with Gasteiger partial charge in [-0.15, -0.1) is 0 Å². The Bertz CT molecular complexity index is 1050. The van der Waals surface area contributed by atoms with Gasteiger partial charge in [0.2, 0.25) is 0 Å². The van der Waals surface area contributed by atoms with Gasteiger partial charge in [-0.2, -0.15) is 0 Å². The number of hydrogen-bond donors (Lipinski definition) is 2. The van der Waals surface area contributed by atoms with E-state index in [0.29, 0.717) is 42.2 Å². The molecule has 6 heteroatoms. The predicted molar refractivity (Wildman–Crippen MR) is 178 cm³/mol. The van der Waals surface area contributed by atoms with E-state index in [0.717, 1.165) is 19.3 Å². The molecule has 1 aromatic rings. The maximum absolute atomic E-state index is 12.8. The second-order valence-electron chi connectivity index (χ2n) is 13.3. The number of benzene rings is 1. The van der Waals surface area contributed by atoms with Crippen molar-refractivity contribution in [2.75, 3.05) is 26.4 Å². The van der Waals surface area contributed by atoms with Crippen LogP contribution in [0.25, 0.3) is 0 Å². The minimum atomic E-state index is -0.486. The van der Waals surface area contributed by atoms with Crippen molar-refractivity contribution in [3.05, 3.63) is 59.2 Å². The SMILES string of the molecule is C=C(C)C(=O)OCC(CC)(CCC1CCC(c2ccc(CCCCC)c(CC)c2)CC1)COC(=O)C(=C)CCC(CO)CO. The van der Waals surface area contributed by atoms with E-state index in [-0.39, 0.29) is 32.3 Å². The number of aliphatic hydroxyl groups excluding tert-OH is 2. The van der Waals surface area contributed by atoms with Crippen LogP contribution in [0, 0.1) is 17.3 Å². The third-order valence-electron chi connectivity index (χ3n) is 9.84. The molecule has 1 aliphatic rings. The van der Waals surface area contributed by atoms with Crippen molar-refractivity contribution >= 4 is 11.9 Å². The van der Waals surface area contributed by atoms with Crippen LogP contribution in [0.1, 0.15) is 127 Å². The van der Waals surface area contributed by atoms with Gasteiger partial charge in [0.1, 0.15) is 13.2 Å². The number of carbonyl (C=O) groups is 2. The minimum Gasteiger partial charge on any atom is -0.462 e. The summed E-state index contributed by atoms with van der Waals surface area (Å²) in [6.45, 7) is 15.8. The smallest absolute Gasteiger partial charge is 0.333 e. The monoisotopic (exact) mass is 612 g/mol. The van der Waals surface area contributed by atoms with Gasteiger partial charge in [0.05, 0.1) is 0 Å². The van der Waals surface area contributed by atoms with E-state index >= 15 is 0 Å². The summed E-state index contributed by atoms with van der Waals surface area (Å²) >= 11 is 0. The summed E-state index contributed by atoms with van der Waals surface area (Å²) in [5, 5.41) is 18.6. The normalized spacial score (nSPS) is 18.1. The molecule has 2 N–H and O–H groups in total. The Balaban J connectivity index is 1.99. The fourth-order valence-electron chi connectivity index (χ4n) is 6.28. The van der Waals surface area contributed by atoms with Crippen molar-refractivity contribution in [1.82, 2.24) is 0 Å². The van der Waals surface area contributed by atoms with Crippen LogP contribution in [-0.2, 0) is 31.9 Å². The van der Waals surface area contributed by atoms with Crippen molar-refractivity contribution in [3.8, 4) is 0 Å². The van der Waals surface area contributed by atoms with Gasteiger partial charge in [0.25, 0.3) is 0 Å². The standard InChI is InChI=1S/C38H60O6/c1-7-10-11-12-33-19-20-35(23-32(33)8-2)34-17-15-30(16-18-34)21-22-38(9-3,26-43-36(41)28(4)5)27-44-37(42)29(6)13-14-31(24-39)25-40/h19-20,23,30-31,34,39-40H,4,6-18,21-22,24-27H2,1-3,5H3. The van der Waals surface area contributed by atoms with E-state index in [1.165, 1.54) is 68.1 Å². The Morgan fingerprint density at radius 1 is 0.955 bits per heavy atom. The van der Waals surface area contributed by atoms with E-state index in [1.807, 2.05) is 0 Å². The lowest BCUT2D eigenvalue weighted by Gasteiger charge is -2.35. The molecule has 1 fully saturated rings. The molecule has 6 nitrogen and oxygen atoms in total. The van der Waals surface area contributed by atoms with Gasteiger partial charge in [-0.3, -0.25) is 0 Å². The van der Waals surface area contributed by atoms with Crippen LogP contribution in [-0.4, -0.2) is 48.6 Å². The summed E-state index contributed by atoms with van der Waals surface area (Å²) in [5.41, 5.74) is 4.70. The third-order valence-corrected chi connectivity index (χ3v) is 9.84. The average molecular weight is 613 g/mol. The zero-order valence-corrected chi connectivity index (χ0v) is 28.1. The molecule has 1 aliphatic carbocycles. The van der Waals surface area contributed by atoms with Crippen LogP contribution in [0.3, 0.4) is 0 Å². The molecule has 0 bridgehead atoms. The van der Waals surface area contributed by atoms with Gasteiger partial charge >= 0.3 is 11.9 Å². The summed E-state index contributed by atoms with van der Waals surface area (Å²) in [4.78, 5) is 25.1. The molecule has 1 unspecified atom stereocenters. The molecule has 0 radical (unpaired) electrons. The maximum Gasteiger partial charge on any atom is 0.333 e. The highest BCUT2D eigenvalue weighted by Crippen LogP contribution is 2.41. The Hall–Kier alpha value is -2.44. The number of ether oxygens (including phenoxy) is 2. The summed E-state index contributed by atoms with van der Waals surface area (Å²) in [6.07, 6.45) is 14.1. The number of unbranched alkanes of at least 4 members (excludes halogenated alkanes) is 2. The molecule has 2 rings (SSSR count). The zero-order valence-electron chi connectivity index (χ0n) is 28.1. The molecule has 0 spiro atoms. The maximum atomic E-state index is 12.8. The van der Waals surface area contributed by atoms with Crippen LogP contribution in [0.15, 0.2) is 42.5 Å². The average Bonchev–Trinajstić information content (AvgIpc) is 3.05. The third kappa shape index (κ3) is 12.2. The lowest BCUT2D eigenvalue weighted by atomic mass is 9.73. The number of hydrogen-bond acceptors (Lipinski definition) is 6. The van der Waals surface area contributed by atoms with Gasteiger partial charge in [0.15, 0.2) is 0 Å². The van der Waals surface area contributed by atoms with Crippen molar-refractivity contribution in [3.63, 3.8) is 0 Å². The van der Waals surface area contributed by atoms with E-state index < -0.39 is 17.4 Å². The molecule has 0 amide bonds. The van der Waals surface area contributed by atoms with Crippen LogP contribution >= 0.6 is 0 Å². The topological polar surface area (TPSA) is 93.1 Å². The zero-order chi connectivity index (χ0) is 32.5. The summed E-state index contributed by atoms with van der Waals surface area (Å²) in [5.74, 6) is 0.00646. The van der Waals surface area contributed by atoms with Crippen LogP contribution in [0.5, 0.6) is 0 Å². The second-order valence-corrected chi connectivity index (χ2v) is 13.3. The molecule has 44 heavy (non-hydrogen) atoms. The predicted octanol–water partition coefficient (Wildman–Crippen LogP) is 8.03. The van der Waals surface area contributed by atoms with E-state index in [2.05, 4.69) is 52.1 Å². The molecular weight excluding hydrogens is 552 g/mol. The fraction of sp³-hybridized carbons (Fsp3) is 0.684. The summed E-state index contributed by atoms with van der Waals surface area (Å²) in [6, 6.07) is 7.23. The van der Waals surface area contributed by atoms with Gasteiger partial charge in [-0.05, 0) is 112 Å². The van der Waals surface area contributed by atoms with Gasteiger partial charge in [-0.1, -0.05) is 65.0 Å². The summed E-state index contributed by atoms with van der Waals surface area (Å²) in [7, 11) is 0. The molecule has 0 saturated heterocycles. The van der Waals surface area contributed by atoms with Crippen molar-refractivity contribution in [2.45, 2.75) is 124 Å². The molecular formula is C38H60O6. The number of aryl methyl sites for hydroxylation is 2. The first-order valence-corrected chi connectivity index (χ1v) is 17.1.